The molecule has 5 rings (SSSR count). The zero-order valence-corrected chi connectivity index (χ0v) is 18.4. The molecule has 32 heavy (non-hydrogen) atoms. The highest BCUT2D eigenvalue weighted by Gasteiger charge is 2.28. The lowest BCUT2D eigenvalue weighted by atomic mass is 10.1. The van der Waals surface area contributed by atoms with Gasteiger partial charge >= 0.3 is 0 Å². The number of para-hydroxylation sites is 1. The number of amides is 1. The van der Waals surface area contributed by atoms with Gasteiger partial charge in [-0.3, -0.25) is 4.79 Å². The molecule has 1 aromatic heterocycles. The van der Waals surface area contributed by atoms with Gasteiger partial charge in [0.15, 0.2) is 0 Å². The summed E-state index contributed by atoms with van der Waals surface area (Å²) >= 11 is 0. The molecule has 8 heteroatoms. The molecule has 3 aromatic carbocycles. The topological polar surface area (TPSA) is 82.9 Å². The van der Waals surface area contributed by atoms with E-state index in [4.69, 9.17) is 4.42 Å². The zero-order chi connectivity index (χ0) is 22.3. The number of nitrogens with one attached hydrogen (secondary N) is 1. The number of likely N-dealkylation sites (N-methyl/N-ethyl adjacent to an activating group) is 1. The van der Waals surface area contributed by atoms with Crippen molar-refractivity contribution in [1.29, 1.82) is 0 Å². The summed E-state index contributed by atoms with van der Waals surface area (Å²) in [6.07, 6.45) is 0. The van der Waals surface area contributed by atoms with E-state index in [9.17, 15) is 13.2 Å². The number of anilines is 1. The van der Waals surface area contributed by atoms with Gasteiger partial charge in [-0.15, -0.1) is 0 Å². The third-order valence-electron chi connectivity index (χ3n) is 5.83. The summed E-state index contributed by atoms with van der Waals surface area (Å²) < 4.78 is 33.4. The van der Waals surface area contributed by atoms with Gasteiger partial charge in [-0.2, -0.15) is 4.31 Å². The summed E-state index contributed by atoms with van der Waals surface area (Å²) in [5.74, 6) is -0.368. The summed E-state index contributed by atoms with van der Waals surface area (Å²) in [7, 11) is -1.67. The molecular weight excluding hydrogens is 426 g/mol. The molecule has 1 saturated heterocycles. The van der Waals surface area contributed by atoms with Crippen LogP contribution in [-0.4, -0.2) is 56.8 Å². The third kappa shape index (κ3) is 3.77. The minimum Gasteiger partial charge on any atom is -0.456 e. The fourth-order valence-electron chi connectivity index (χ4n) is 3.98. The number of sulfonamides is 1. The van der Waals surface area contributed by atoms with E-state index >= 15 is 0 Å². The molecule has 2 heterocycles. The number of fused-ring (bicyclic) bond motifs is 3. The van der Waals surface area contributed by atoms with Crippen LogP contribution in [0, 0.1) is 0 Å². The van der Waals surface area contributed by atoms with E-state index in [-0.39, 0.29) is 16.4 Å². The Balaban J connectivity index is 1.40. The monoisotopic (exact) mass is 449 g/mol. The van der Waals surface area contributed by atoms with Crippen LogP contribution >= 0.6 is 0 Å². The summed E-state index contributed by atoms with van der Waals surface area (Å²) in [4.78, 5) is 15.1. The normalized spacial score (nSPS) is 15.9. The minimum absolute atomic E-state index is 0.131. The smallest absolute Gasteiger partial charge is 0.255 e. The molecule has 0 saturated carbocycles. The average Bonchev–Trinajstić information content (AvgIpc) is 3.17. The molecule has 0 unspecified atom stereocenters. The van der Waals surface area contributed by atoms with Crippen molar-refractivity contribution in [3.63, 3.8) is 0 Å². The lowest BCUT2D eigenvalue weighted by molar-refractivity contribution is 0.102. The Morgan fingerprint density at radius 1 is 0.875 bits per heavy atom. The van der Waals surface area contributed by atoms with Crippen LogP contribution in [0.4, 0.5) is 5.69 Å². The van der Waals surface area contributed by atoms with E-state index in [0.29, 0.717) is 31.9 Å². The van der Waals surface area contributed by atoms with Crippen molar-refractivity contribution < 1.29 is 17.6 Å². The molecule has 164 valence electrons. The van der Waals surface area contributed by atoms with E-state index in [1.807, 2.05) is 43.4 Å². The number of carbonyl (C=O) groups excluding carboxylic acids is 1. The van der Waals surface area contributed by atoms with E-state index < -0.39 is 10.0 Å². The van der Waals surface area contributed by atoms with Gasteiger partial charge in [0, 0.05) is 48.2 Å². The number of carbonyl (C=O) groups is 1. The summed E-state index contributed by atoms with van der Waals surface area (Å²) in [6.45, 7) is 2.25. The molecule has 0 bridgehead atoms. The van der Waals surface area contributed by atoms with Crippen molar-refractivity contribution >= 4 is 43.6 Å². The Labute approximate surface area is 186 Å². The van der Waals surface area contributed by atoms with Crippen molar-refractivity contribution in [3.8, 4) is 0 Å². The van der Waals surface area contributed by atoms with Crippen molar-refractivity contribution in [2.75, 3.05) is 38.5 Å². The van der Waals surface area contributed by atoms with Gasteiger partial charge in [0.25, 0.3) is 5.91 Å². The van der Waals surface area contributed by atoms with E-state index in [1.54, 1.807) is 18.2 Å². The highest BCUT2D eigenvalue weighted by atomic mass is 32.2. The summed E-state index contributed by atoms with van der Waals surface area (Å²) in [6, 6.07) is 19.4. The molecule has 0 spiro atoms. The van der Waals surface area contributed by atoms with Crippen LogP contribution in [0.5, 0.6) is 0 Å². The van der Waals surface area contributed by atoms with Gasteiger partial charge < -0.3 is 14.6 Å². The first-order valence-electron chi connectivity index (χ1n) is 10.4. The van der Waals surface area contributed by atoms with Crippen LogP contribution < -0.4 is 5.32 Å². The Hall–Kier alpha value is -3.20. The quantitative estimate of drug-likeness (QED) is 0.513. The number of benzene rings is 3. The fourth-order valence-corrected chi connectivity index (χ4v) is 5.45. The molecule has 1 amide bonds. The van der Waals surface area contributed by atoms with Crippen molar-refractivity contribution in [3.05, 3.63) is 72.3 Å². The van der Waals surface area contributed by atoms with Gasteiger partial charge in [0.2, 0.25) is 10.0 Å². The number of nitrogens with zero attached hydrogens (tertiary/aromatic N) is 2. The molecule has 4 aromatic rings. The lowest BCUT2D eigenvalue weighted by Crippen LogP contribution is -2.47. The van der Waals surface area contributed by atoms with Crippen LogP contribution in [0.3, 0.4) is 0 Å². The summed E-state index contributed by atoms with van der Waals surface area (Å²) in [5.41, 5.74) is 2.43. The standard InChI is InChI=1S/C24H23N3O4S/c1-26-11-13-27(14-12-26)32(29,30)19-6-4-5-17(15-19)24(28)25-18-9-10-23-21(16-18)20-7-2-3-8-22(20)31-23/h2-10,15-16H,11-14H2,1H3,(H,25,28). The predicted molar refractivity (Wildman–Crippen MR) is 124 cm³/mol. The number of hydrogen-bond donors (Lipinski definition) is 1. The fraction of sp³-hybridized carbons (Fsp3) is 0.208. The van der Waals surface area contributed by atoms with Crippen LogP contribution in [-0.2, 0) is 10.0 Å². The SMILES string of the molecule is CN1CCN(S(=O)(=O)c2cccc(C(=O)Nc3ccc4oc5ccccc5c4c3)c2)CC1. The third-order valence-corrected chi connectivity index (χ3v) is 7.73. The van der Waals surface area contributed by atoms with Gasteiger partial charge in [-0.25, -0.2) is 8.42 Å². The van der Waals surface area contributed by atoms with Gasteiger partial charge in [0.1, 0.15) is 11.2 Å². The van der Waals surface area contributed by atoms with Crippen molar-refractivity contribution in [1.82, 2.24) is 9.21 Å². The van der Waals surface area contributed by atoms with Crippen LogP contribution in [0.1, 0.15) is 10.4 Å². The lowest BCUT2D eigenvalue weighted by Gasteiger charge is -2.31. The van der Waals surface area contributed by atoms with Crippen LogP contribution in [0.25, 0.3) is 21.9 Å². The van der Waals surface area contributed by atoms with E-state index in [0.717, 1.165) is 21.9 Å². The Bertz CT molecular complexity index is 1420. The minimum atomic E-state index is -3.65. The van der Waals surface area contributed by atoms with Gasteiger partial charge in [-0.1, -0.05) is 24.3 Å². The predicted octanol–water partition coefficient (Wildman–Crippen LogP) is 3.77. The second kappa shape index (κ2) is 8.05. The Morgan fingerprint density at radius 3 is 2.44 bits per heavy atom. The Kier molecular flexibility index (Phi) is 5.21. The second-order valence-electron chi connectivity index (χ2n) is 8.00. The van der Waals surface area contributed by atoms with Gasteiger partial charge in [-0.05, 0) is 49.5 Å². The molecule has 1 N–H and O–H groups in total. The summed E-state index contributed by atoms with van der Waals surface area (Å²) in [5, 5.41) is 4.75. The van der Waals surface area contributed by atoms with E-state index in [1.165, 1.54) is 16.4 Å². The first-order valence-corrected chi connectivity index (χ1v) is 11.9. The zero-order valence-electron chi connectivity index (χ0n) is 17.6. The number of hydrogen-bond acceptors (Lipinski definition) is 5. The molecule has 0 aliphatic carbocycles. The molecule has 0 radical (unpaired) electrons. The molecule has 1 fully saturated rings. The highest BCUT2D eigenvalue weighted by Crippen LogP contribution is 2.30. The highest BCUT2D eigenvalue weighted by molar-refractivity contribution is 7.89. The maximum absolute atomic E-state index is 13.0. The molecule has 1 aliphatic rings. The maximum Gasteiger partial charge on any atom is 0.255 e. The largest absolute Gasteiger partial charge is 0.456 e. The van der Waals surface area contributed by atoms with Gasteiger partial charge in [0.05, 0.1) is 4.90 Å². The number of rotatable bonds is 4. The maximum atomic E-state index is 13.0. The van der Waals surface area contributed by atoms with Crippen molar-refractivity contribution in [2.24, 2.45) is 0 Å². The molecule has 1 aliphatic heterocycles. The first-order chi connectivity index (χ1) is 15.4. The van der Waals surface area contributed by atoms with Crippen LogP contribution in [0.15, 0.2) is 76.0 Å². The molecular formula is C24H23N3O4S. The average molecular weight is 450 g/mol. The molecule has 0 atom stereocenters. The van der Waals surface area contributed by atoms with Crippen molar-refractivity contribution in [2.45, 2.75) is 4.90 Å². The molecule has 7 nitrogen and oxygen atoms in total. The van der Waals surface area contributed by atoms with Crippen LogP contribution in [0.2, 0.25) is 0 Å². The number of piperazine rings is 1. The second-order valence-corrected chi connectivity index (χ2v) is 9.94. The van der Waals surface area contributed by atoms with E-state index in [2.05, 4.69) is 10.2 Å². The Morgan fingerprint density at radius 2 is 1.62 bits per heavy atom. The first kappa shape index (κ1) is 20.7. The number of furan rings is 1.